The first kappa shape index (κ1) is 11.3. The highest BCUT2D eigenvalue weighted by atomic mass is 32.1. The van der Waals surface area contributed by atoms with Gasteiger partial charge < -0.3 is 10.2 Å². The van der Waals surface area contributed by atoms with Crippen LogP contribution in [0.5, 0.6) is 0 Å². The van der Waals surface area contributed by atoms with E-state index in [2.05, 4.69) is 4.98 Å². The quantitative estimate of drug-likeness (QED) is 0.870. The topological polar surface area (TPSA) is 87.5 Å². The van der Waals surface area contributed by atoms with Crippen LogP contribution in [0.1, 0.15) is 21.0 Å². The monoisotopic (exact) mass is 249 g/mol. The van der Waals surface area contributed by atoms with E-state index in [9.17, 15) is 9.59 Å². The fourth-order valence-electron chi connectivity index (χ4n) is 1.35. The van der Waals surface area contributed by atoms with Crippen molar-refractivity contribution in [3.8, 4) is 11.1 Å². The molecule has 2 aromatic heterocycles. The minimum absolute atomic E-state index is 0.272. The summed E-state index contributed by atoms with van der Waals surface area (Å²) in [6.07, 6.45) is 0. The summed E-state index contributed by atoms with van der Waals surface area (Å²) in [5.41, 5.74) is 0.774. The van der Waals surface area contributed by atoms with Crippen LogP contribution in [0.3, 0.4) is 0 Å². The van der Waals surface area contributed by atoms with Crippen molar-refractivity contribution in [1.29, 1.82) is 0 Å². The molecule has 0 aliphatic rings. The molecule has 0 saturated heterocycles. The summed E-state index contributed by atoms with van der Waals surface area (Å²) in [5.74, 6) is -2.49. The van der Waals surface area contributed by atoms with E-state index in [1.807, 2.05) is 10.8 Å². The highest BCUT2D eigenvalue weighted by Gasteiger charge is 2.14. The van der Waals surface area contributed by atoms with Gasteiger partial charge in [-0.15, -0.1) is 0 Å². The van der Waals surface area contributed by atoms with E-state index in [1.54, 1.807) is 6.07 Å². The first-order chi connectivity index (χ1) is 8.08. The lowest BCUT2D eigenvalue weighted by atomic mass is 10.1. The highest BCUT2D eigenvalue weighted by Crippen LogP contribution is 2.23. The maximum atomic E-state index is 10.8. The van der Waals surface area contributed by atoms with E-state index < -0.39 is 11.9 Å². The lowest BCUT2D eigenvalue weighted by Crippen LogP contribution is -2.07. The molecule has 0 radical (unpaired) electrons. The van der Waals surface area contributed by atoms with Gasteiger partial charge in [-0.1, -0.05) is 0 Å². The molecule has 6 heteroatoms. The van der Waals surface area contributed by atoms with Crippen LogP contribution >= 0.6 is 11.3 Å². The van der Waals surface area contributed by atoms with Crippen LogP contribution < -0.4 is 0 Å². The molecule has 2 aromatic rings. The Morgan fingerprint density at radius 3 is 2.06 bits per heavy atom. The summed E-state index contributed by atoms with van der Waals surface area (Å²) in [7, 11) is 0. The fourth-order valence-corrected chi connectivity index (χ4v) is 2.01. The summed E-state index contributed by atoms with van der Waals surface area (Å²) in [5, 5.41) is 21.4. The normalized spacial score (nSPS) is 10.1. The molecule has 0 aromatic carbocycles. The Labute approximate surface area is 100.0 Å². The van der Waals surface area contributed by atoms with Crippen molar-refractivity contribution in [2.45, 2.75) is 0 Å². The Balaban J connectivity index is 2.60. The van der Waals surface area contributed by atoms with Crippen LogP contribution in [0.25, 0.3) is 11.1 Å². The fraction of sp³-hybridized carbons (Fsp3) is 0. The van der Waals surface area contributed by atoms with Crippen molar-refractivity contribution in [2.75, 3.05) is 0 Å². The number of pyridine rings is 1. The summed E-state index contributed by atoms with van der Waals surface area (Å²) in [6, 6.07) is 4.50. The van der Waals surface area contributed by atoms with Gasteiger partial charge in [0.1, 0.15) is 11.4 Å². The lowest BCUT2D eigenvalue weighted by Gasteiger charge is -2.02. The Bertz CT molecular complexity index is 545. The first-order valence-corrected chi connectivity index (χ1v) is 5.53. The van der Waals surface area contributed by atoms with Crippen LogP contribution in [-0.4, -0.2) is 27.1 Å². The third kappa shape index (κ3) is 2.31. The molecule has 2 heterocycles. The van der Waals surface area contributed by atoms with Gasteiger partial charge in [0.25, 0.3) is 0 Å². The lowest BCUT2D eigenvalue weighted by molar-refractivity contribution is 0.0685. The van der Waals surface area contributed by atoms with Crippen molar-refractivity contribution >= 4 is 23.3 Å². The van der Waals surface area contributed by atoms with Crippen LogP contribution in [0.2, 0.25) is 0 Å². The largest absolute Gasteiger partial charge is 0.477 e. The number of nitrogens with zero attached hydrogens (tertiary/aromatic N) is 1. The predicted octanol–water partition coefficient (Wildman–Crippen LogP) is 2.21. The van der Waals surface area contributed by atoms with E-state index in [0.29, 0.717) is 5.56 Å². The molecule has 2 N–H and O–H groups in total. The number of carboxylic acid groups (broad SMARTS) is 2. The van der Waals surface area contributed by atoms with Gasteiger partial charge in [0, 0.05) is 0 Å². The Hall–Kier alpha value is -2.21. The molecule has 86 valence electrons. The molecule has 17 heavy (non-hydrogen) atoms. The van der Waals surface area contributed by atoms with Gasteiger partial charge in [-0.25, -0.2) is 14.6 Å². The maximum Gasteiger partial charge on any atom is 0.354 e. The first-order valence-electron chi connectivity index (χ1n) is 4.59. The molecule has 0 spiro atoms. The average molecular weight is 249 g/mol. The second-order valence-corrected chi connectivity index (χ2v) is 4.03. The van der Waals surface area contributed by atoms with Crippen molar-refractivity contribution < 1.29 is 19.8 Å². The predicted molar refractivity (Wildman–Crippen MR) is 61.5 cm³/mol. The molecular weight excluding hydrogens is 242 g/mol. The van der Waals surface area contributed by atoms with Crippen molar-refractivity contribution in [1.82, 2.24) is 4.98 Å². The molecule has 0 saturated carbocycles. The van der Waals surface area contributed by atoms with Gasteiger partial charge in [-0.05, 0) is 40.1 Å². The Morgan fingerprint density at radius 1 is 1.06 bits per heavy atom. The van der Waals surface area contributed by atoms with E-state index in [4.69, 9.17) is 10.2 Å². The zero-order chi connectivity index (χ0) is 12.4. The number of hydrogen-bond donors (Lipinski definition) is 2. The van der Waals surface area contributed by atoms with Gasteiger partial charge >= 0.3 is 11.9 Å². The molecule has 0 amide bonds. The molecule has 0 fully saturated rings. The number of carbonyl (C=O) groups is 2. The van der Waals surface area contributed by atoms with Gasteiger partial charge in [-0.2, -0.15) is 11.3 Å². The van der Waals surface area contributed by atoms with Gasteiger partial charge in [0.2, 0.25) is 0 Å². The van der Waals surface area contributed by atoms with Crippen molar-refractivity contribution in [3.05, 3.63) is 40.3 Å². The third-order valence-electron chi connectivity index (χ3n) is 2.12. The summed E-state index contributed by atoms with van der Waals surface area (Å²) in [4.78, 5) is 25.2. The average Bonchev–Trinajstić information content (AvgIpc) is 2.81. The van der Waals surface area contributed by atoms with E-state index in [0.717, 1.165) is 5.56 Å². The number of hydrogen-bond acceptors (Lipinski definition) is 4. The Kier molecular flexibility index (Phi) is 2.88. The number of carboxylic acids is 2. The van der Waals surface area contributed by atoms with Crippen LogP contribution in [0.4, 0.5) is 0 Å². The summed E-state index contributed by atoms with van der Waals surface area (Å²) >= 11 is 1.45. The zero-order valence-corrected chi connectivity index (χ0v) is 9.27. The minimum atomic E-state index is -1.25. The van der Waals surface area contributed by atoms with Gasteiger partial charge in [-0.3, -0.25) is 0 Å². The zero-order valence-electron chi connectivity index (χ0n) is 8.45. The smallest absolute Gasteiger partial charge is 0.354 e. The summed E-state index contributed by atoms with van der Waals surface area (Å²) in [6.45, 7) is 0. The van der Waals surface area contributed by atoms with Crippen LogP contribution in [0.15, 0.2) is 29.0 Å². The second kappa shape index (κ2) is 4.34. The number of thiophene rings is 1. The van der Waals surface area contributed by atoms with Crippen LogP contribution in [-0.2, 0) is 0 Å². The molecule has 0 bridgehead atoms. The SMILES string of the molecule is O=C(O)c1cc(-c2ccsc2)cc(C(=O)O)n1. The number of aromatic nitrogens is 1. The summed E-state index contributed by atoms with van der Waals surface area (Å²) < 4.78 is 0. The maximum absolute atomic E-state index is 10.8. The molecule has 0 aliphatic carbocycles. The molecule has 2 rings (SSSR count). The minimum Gasteiger partial charge on any atom is -0.477 e. The number of aromatic carboxylic acids is 2. The molecule has 0 atom stereocenters. The Morgan fingerprint density at radius 2 is 1.65 bits per heavy atom. The standard InChI is InChI=1S/C11H7NO4S/c13-10(14)8-3-7(6-1-2-17-5-6)4-9(12-8)11(15)16/h1-5H,(H,13,14)(H,15,16). The highest BCUT2D eigenvalue weighted by molar-refractivity contribution is 7.08. The second-order valence-electron chi connectivity index (χ2n) is 3.25. The van der Waals surface area contributed by atoms with Crippen LogP contribution in [0, 0.1) is 0 Å². The van der Waals surface area contributed by atoms with E-state index in [-0.39, 0.29) is 11.4 Å². The van der Waals surface area contributed by atoms with E-state index in [1.165, 1.54) is 23.5 Å². The molecular formula is C11H7NO4S. The van der Waals surface area contributed by atoms with Gasteiger partial charge in [0.05, 0.1) is 0 Å². The van der Waals surface area contributed by atoms with E-state index >= 15 is 0 Å². The molecule has 5 nitrogen and oxygen atoms in total. The third-order valence-corrected chi connectivity index (χ3v) is 2.80. The van der Waals surface area contributed by atoms with Crippen molar-refractivity contribution in [3.63, 3.8) is 0 Å². The van der Waals surface area contributed by atoms with Gasteiger partial charge in [0.15, 0.2) is 0 Å². The van der Waals surface area contributed by atoms with Crippen molar-refractivity contribution in [2.24, 2.45) is 0 Å². The molecule has 0 aliphatic heterocycles. The number of rotatable bonds is 3. The molecule has 0 unspecified atom stereocenters.